The molecule has 1 heterocycles. The first kappa shape index (κ1) is 20.1. The van der Waals surface area contributed by atoms with Gasteiger partial charge in [-0.15, -0.1) is 0 Å². The fourth-order valence-corrected chi connectivity index (χ4v) is 3.48. The molecule has 148 valence electrons. The maximum absolute atomic E-state index is 13.0. The van der Waals surface area contributed by atoms with Gasteiger partial charge in [-0.25, -0.2) is 0 Å². The highest BCUT2D eigenvalue weighted by Crippen LogP contribution is 2.43. The Kier molecular flexibility index (Phi) is 5.84. The first-order chi connectivity index (χ1) is 13.3. The second-order valence-corrected chi connectivity index (χ2v) is 7.82. The predicted octanol–water partition coefficient (Wildman–Crippen LogP) is 3.83. The number of rotatable bonds is 8. The third-order valence-electron chi connectivity index (χ3n) is 4.97. The molecule has 1 atom stereocenters. The van der Waals surface area contributed by atoms with Gasteiger partial charge >= 0.3 is 0 Å². The number of Topliss-reactive ketones (excluding diaryl/α,β-unsaturated/α-hetero) is 1. The van der Waals surface area contributed by atoms with E-state index in [1.54, 1.807) is 23.1 Å². The second-order valence-electron chi connectivity index (χ2n) is 7.82. The summed E-state index contributed by atoms with van der Waals surface area (Å²) in [4.78, 5) is 26.2. The van der Waals surface area contributed by atoms with Crippen molar-refractivity contribution in [2.24, 2.45) is 5.92 Å². The van der Waals surface area contributed by atoms with Crippen molar-refractivity contribution in [1.82, 2.24) is 0 Å². The lowest BCUT2D eigenvalue weighted by Crippen LogP contribution is -2.41. The maximum atomic E-state index is 13.0. The number of nitrogens with zero attached hydrogens (tertiary/aromatic N) is 1. The number of ketones is 1. The minimum absolute atomic E-state index is 0.220. The van der Waals surface area contributed by atoms with Crippen LogP contribution in [0.5, 0.6) is 5.75 Å². The molecule has 1 unspecified atom stereocenters. The van der Waals surface area contributed by atoms with E-state index in [1.807, 2.05) is 30.3 Å². The Morgan fingerprint density at radius 2 is 1.82 bits per heavy atom. The van der Waals surface area contributed by atoms with E-state index >= 15 is 0 Å². The van der Waals surface area contributed by atoms with E-state index in [0.29, 0.717) is 30.3 Å². The van der Waals surface area contributed by atoms with Crippen LogP contribution in [0.1, 0.15) is 44.7 Å². The summed E-state index contributed by atoms with van der Waals surface area (Å²) in [6, 6.07) is 14.7. The number of para-hydroxylation sites is 1. The quantitative estimate of drug-likeness (QED) is 0.755. The number of aliphatic hydroxyl groups is 1. The van der Waals surface area contributed by atoms with E-state index in [0.717, 1.165) is 17.7 Å². The zero-order valence-corrected chi connectivity index (χ0v) is 16.6. The lowest BCUT2D eigenvalue weighted by atomic mass is 9.90. The molecule has 2 aromatic carbocycles. The highest BCUT2D eigenvalue weighted by atomic mass is 16.5. The van der Waals surface area contributed by atoms with Crippen molar-refractivity contribution in [2.45, 2.75) is 45.8 Å². The number of amides is 1. The molecule has 0 aromatic heterocycles. The SMILES string of the molecule is CC(=O)CC1(O)C(=O)N(Cc2ccc(OCCC(C)C)cc2)c2ccccc21. The summed E-state index contributed by atoms with van der Waals surface area (Å²) in [5.41, 5.74) is 0.270. The molecule has 0 saturated carbocycles. The van der Waals surface area contributed by atoms with Crippen LogP contribution in [0.3, 0.4) is 0 Å². The molecular formula is C23H27NO4. The predicted molar refractivity (Wildman–Crippen MR) is 108 cm³/mol. The molecule has 5 nitrogen and oxygen atoms in total. The van der Waals surface area contributed by atoms with Gasteiger partial charge in [0.1, 0.15) is 11.5 Å². The average Bonchev–Trinajstić information content (AvgIpc) is 2.84. The Morgan fingerprint density at radius 1 is 1.14 bits per heavy atom. The van der Waals surface area contributed by atoms with Crippen LogP contribution in [-0.4, -0.2) is 23.4 Å². The van der Waals surface area contributed by atoms with Gasteiger partial charge in [-0.2, -0.15) is 0 Å². The number of carbonyl (C=O) groups is 2. The molecule has 0 saturated heterocycles. The number of ether oxygens (including phenoxy) is 1. The maximum Gasteiger partial charge on any atom is 0.264 e. The summed E-state index contributed by atoms with van der Waals surface area (Å²) in [7, 11) is 0. The zero-order valence-electron chi connectivity index (χ0n) is 16.6. The standard InChI is InChI=1S/C23H27NO4/c1-16(2)12-13-28-19-10-8-18(9-11-19)15-24-21-7-5-4-6-20(21)23(27,22(24)26)14-17(3)25/h4-11,16,27H,12-15H2,1-3H3. The molecule has 1 aliphatic heterocycles. The van der Waals surface area contributed by atoms with Crippen molar-refractivity contribution in [3.8, 4) is 5.75 Å². The van der Waals surface area contributed by atoms with Crippen LogP contribution in [0, 0.1) is 5.92 Å². The summed E-state index contributed by atoms with van der Waals surface area (Å²) in [5, 5.41) is 11.0. The van der Waals surface area contributed by atoms with Crippen LogP contribution in [0.4, 0.5) is 5.69 Å². The molecular weight excluding hydrogens is 354 g/mol. The van der Waals surface area contributed by atoms with E-state index in [-0.39, 0.29) is 12.2 Å². The van der Waals surface area contributed by atoms with Gasteiger partial charge in [-0.1, -0.05) is 44.2 Å². The number of fused-ring (bicyclic) bond motifs is 1. The Balaban J connectivity index is 1.77. The third-order valence-corrected chi connectivity index (χ3v) is 4.97. The lowest BCUT2D eigenvalue weighted by Gasteiger charge is -2.22. The van der Waals surface area contributed by atoms with Gasteiger partial charge in [0.25, 0.3) is 5.91 Å². The van der Waals surface area contributed by atoms with E-state index in [2.05, 4.69) is 13.8 Å². The van der Waals surface area contributed by atoms with E-state index in [4.69, 9.17) is 4.74 Å². The summed E-state index contributed by atoms with van der Waals surface area (Å²) < 4.78 is 5.74. The first-order valence-electron chi connectivity index (χ1n) is 9.66. The first-order valence-corrected chi connectivity index (χ1v) is 9.66. The molecule has 1 N–H and O–H groups in total. The molecule has 0 radical (unpaired) electrons. The minimum atomic E-state index is -1.79. The average molecular weight is 381 g/mol. The minimum Gasteiger partial charge on any atom is -0.494 e. The third kappa shape index (κ3) is 4.09. The Hall–Kier alpha value is -2.66. The van der Waals surface area contributed by atoms with E-state index in [9.17, 15) is 14.7 Å². The normalized spacial score (nSPS) is 18.5. The fourth-order valence-electron chi connectivity index (χ4n) is 3.48. The molecule has 2 aromatic rings. The molecule has 5 heteroatoms. The van der Waals surface area contributed by atoms with Crippen LogP contribution in [-0.2, 0) is 21.7 Å². The Morgan fingerprint density at radius 3 is 2.46 bits per heavy atom. The number of anilines is 1. The van der Waals surface area contributed by atoms with Crippen molar-refractivity contribution in [1.29, 1.82) is 0 Å². The Labute approximate surface area is 165 Å². The van der Waals surface area contributed by atoms with Crippen molar-refractivity contribution in [2.75, 3.05) is 11.5 Å². The van der Waals surface area contributed by atoms with Gasteiger partial charge in [-0.05, 0) is 43.0 Å². The van der Waals surface area contributed by atoms with Crippen molar-refractivity contribution in [3.05, 3.63) is 59.7 Å². The zero-order chi connectivity index (χ0) is 20.3. The smallest absolute Gasteiger partial charge is 0.264 e. The van der Waals surface area contributed by atoms with E-state index in [1.165, 1.54) is 6.92 Å². The number of benzene rings is 2. The molecule has 0 aliphatic carbocycles. The fraction of sp³-hybridized carbons (Fsp3) is 0.391. The van der Waals surface area contributed by atoms with Crippen molar-refractivity contribution < 1.29 is 19.4 Å². The van der Waals surface area contributed by atoms with Crippen LogP contribution in [0.2, 0.25) is 0 Å². The lowest BCUT2D eigenvalue weighted by molar-refractivity contribution is -0.141. The number of hydrogen-bond acceptors (Lipinski definition) is 4. The molecule has 3 rings (SSSR count). The van der Waals surface area contributed by atoms with Gasteiger partial charge in [-0.3, -0.25) is 9.59 Å². The van der Waals surface area contributed by atoms with Crippen LogP contribution < -0.4 is 9.64 Å². The summed E-state index contributed by atoms with van der Waals surface area (Å²) in [6.45, 7) is 6.69. The van der Waals surface area contributed by atoms with Gasteiger partial charge in [0.05, 0.1) is 18.8 Å². The Bertz CT molecular complexity index is 859. The topological polar surface area (TPSA) is 66.8 Å². The second kappa shape index (κ2) is 8.15. The van der Waals surface area contributed by atoms with Crippen LogP contribution in [0.15, 0.2) is 48.5 Å². The summed E-state index contributed by atoms with van der Waals surface area (Å²) >= 11 is 0. The summed E-state index contributed by atoms with van der Waals surface area (Å²) in [5.74, 6) is 0.705. The summed E-state index contributed by atoms with van der Waals surface area (Å²) in [6.07, 6.45) is 0.775. The molecule has 1 aliphatic rings. The molecule has 28 heavy (non-hydrogen) atoms. The van der Waals surface area contributed by atoms with Gasteiger partial charge in [0.15, 0.2) is 5.60 Å². The number of hydrogen-bond donors (Lipinski definition) is 1. The molecule has 0 spiro atoms. The highest BCUT2D eigenvalue weighted by molar-refractivity contribution is 6.08. The molecule has 0 fully saturated rings. The van der Waals surface area contributed by atoms with Crippen LogP contribution >= 0.6 is 0 Å². The van der Waals surface area contributed by atoms with Gasteiger partial charge in [0.2, 0.25) is 0 Å². The van der Waals surface area contributed by atoms with Gasteiger partial charge in [0, 0.05) is 12.0 Å². The largest absolute Gasteiger partial charge is 0.494 e. The molecule has 0 bridgehead atoms. The van der Waals surface area contributed by atoms with Crippen molar-refractivity contribution in [3.63, 3.8) is 0 Å². The van der Waals surface area contributed by atoms with Crippen molar-refractivity contribution >= 4 is 17.4 Å². The van der Waals surface area contributed by atoms with Crippen LogP contribution in [0.25, 0.3) is 0 Å². The number of carbonyl (C=O) groups excluding carboxylic acids is 2. The monoisotopic (exact) mass is 381 g/mol. The van der Waals surface area contributed by atoms with E-state index < -0.39 is 11.5 Å². The molecule has 1 amide bonds. The van der Waals surface area contributed by atoms with Gasteiger partial charge < -0.3 is 14.7 Å². The highest BCUT2D eigenvalue weighted by Gasteiger charge is 2.50.